The average Bonchev–Trinajstić information content (AvgIpc) is 3.07. The van der Waals surface area contributed by atoms with Crippen LogP contribution in [0.2, 0.25) is 0 Å². The van der Waals surface area contributed by atoms with Crippen LogP contribution in [0.4, 0.5) is 4.79 Å². The van der Waals surface area contributed by atoms with E-state index in [1.165, 1.54) is 11.1 Å². The van der Waals surface area contributed by atoms with Crippen molar-refractivity contribution < 1.29 is 9.90 Å². The predicted octanol–water partition coefficient (Wildman–Crippen LogP) is 4.43. The molecule has 4 aromatic rings. The van der Waals surface area contributed by atoms with Crippen molar-refractivity contribution in [2.75, 3.05) is 6.54 Å². The fourth-order valence-corrected chi connectivity index (χ4v) is 4.11. The lowest BCUT2D eigenvalue weighted by Gasteiger charge is -2.18. The minimum Gasteiger partial charge on any atom is -0.463 e. The highest BCUT2D eigenvalue weighted by Crippen LogP contribution is 2.21. The number of nitrogens with zero attached hydrogens (tertiary/aromatic N) is 3. The van der Waals surface area contributed by atoms with E-state index in [9.17, 15) is 9.90 Å². The SMILES string of the molecule is Cc1ccc(CC(CN)n2c(=NC(=O)O)n(Cc3ccc(C)cc3)c3ccccc32)cc1. The van der Waals surface area contributed by atoms with E-state index in [0.717, 1.165) is 22.2 Å². The zero-order chi connectivity index (χ0) is 22.7. The van der Waals surface area contributed by atoms with Crippen molar-refractivity contribution in [2.45, 2.75) is 32.9 Å². The smallest absolute Gasteiger partial charge is 0.434 e. The number of hydrogen-bond donors (Lipinski definition) is 2. The third-order valence-corrected chi connectivity index (χ3v) is 5.78. The lowest BCUT2D eigenvalue weighted by atomic mass is 10.0. The number of carboxylic acid groups (broad SMARTS) is 1. The van der Waals surface area contributed by atoms with Gasteiger partial charge in [-0.1, -0.05) is 71.8 Å². The molecule has 0 aliphatic heterocycles. The third-order valence-electron chi connectivity index (χ3n) is 5.78. The molecular formula is C26H28N4O2. The van der Waals surface area contributed by atoms with Crippen molar-refractivity contribution in [3.8, 4) is 0 Å². The maximum atomic E-state index is 11.7. The number of aromatic nitrogens is 2. The van der Waals surface area contributed by atoms with Crippen molar-refractivity contribution >= 4 is 17.1 Å². The summed E-state index contributed by atoms with van der Waals surface area (Å²) in [4.78, 5) is 15.8. The van der Waals surface area contributed by atoms with Crippen molar-refractivity contribution in [3.63, 3.8) is 0 Å². The van der Waals surface area contributed by atoms with Gasteiger partial charge in [0.1, 0.15) is 0 Å². The van der Waals surface area contributed by atoms with Gasteiger partial charge in [-0.15, -0.1) is 4.99 Å². The molecule has 0 radical (unpaired) electrons. The Morgan fingerprint density at radius 2 is 1.47 bits per heavy atom. The number of benzene rings is 3. The van der Waals surface area contributed by atoms with E-state index in [4.69, 9.17) is 5.73 Å². The molecule has 1 amide bonds. The lowest BCUT2D eigenvalue weighted by molar-refractivity contribution is 0.204. The molecule has 164 valence electrons. The van der Waals surface area contributed by atoms with Gasteiger partial charge in [-0.25, -0.2) is 4.79 Å². The Labute approximate surface area is 187 Å². The molecule has 32 heavy (non-hydrogen) atoms. The van der Waals surface area contributed by atoms with Crippen molar-refractivity contribution in [1.82, 2.24) is 9.13 Å². The number of fused-ring (bicyclic) bond motifs is 1. The van der Waals surface area contributed by atoms with Gasteiger partial charge in [-0.2, -0.15) is 0 Å². The Bertz CT molecular complexity index is 1300. The van der Waals surface area contributed by atoms with Crippen molar-refractivity contribution in [1.29, 1.82) is 0 Å². The standard InChI is InChI=1S/C26H28N4O2/c1-18-7-11-20(12-8-18)15-22(16-27)30-24-6-4-3-5-23(24)29(25(30)28-26(31)32)17-21-13-9-19(2)10-14-21/h3-14,22H,15-17,27H2,1-2H3,(H,31,32). The molecule has 4 rings (SSSR count). The normalized spacial score (nSPS) is 12.9. The zero-order valence-electron chi connectivity index (χ0n) is 18.4. The van der Waals surface area contributed by atoms with Gasteiger partial charge in [0.2, 0.25) is 5.62 Å². The zero-order valence-corrected chi connectivity index (χ0v) is 18.4. The molecule has 1 aromatic heterocycles. The molecule has 0 saturated heterocycles. The number of rotatable bonds is 6. The Kier molecular flexibility index (Phi) is 6.23. The molecule has 1 atom stereocenters. The van der Waals surface area contributed by atoms with Crippen LogP contribution in [0.15, 0.2) is 77.8 Å². The summed E-state index contributed by atoms with van der Waals surface area (Å²) in [6.45, 7) is 4.98. The summed E-state index contributed by atoms with van der Waals surface area (Å²) in [5.74, 6) is 0. The first kappa shape index (κ1) is 21.6. The van der Waals surface area contributed by atoms with Crippen LogP contribution in [-0.4, -0.2) is 26.9 Å². The second kappa shape index (κ2) is 9.24. The fraction of sp³-hybridized carbons (Fsp3) is 0.231. The van der Waals surface area contributed by atoms with E-state index in [-0.39, 0.29) is 6.04 Å². The van der Waals surface area contributed by atoms with Crippen molar-refractivity contribution in [3.05, 3.63) is 101 Å². The molecule has 3 aromatic carbocycles. The Hall–Kier alpha value is -3.64. The van der Waals surface area contributed by atoms with Gasteiger partial charge in [-0.3, -0.25) is 0 Å². The van der Waals surface area contributed by atoms with Crippen LogP contribution >= 0.6 is 0 Å². The average molecular weight is 429 g/mol. The Balaban J connectivity index is 1.89. The molecule has 1 unspecified atom stereocenters. The van der Waals surface area contributed by atoms with Crippen LogP contribution in [0.3, 0.4) is 0 Å². The summed E-state index contributed by atoms with van der Waals surface area (Å²) in [5.41, 5.74) is 13.1. The highest BCUT2D eigenvalue weighted by molar-refractivity contribution is 5.77. The third kappa shape index (κ3) is 4.50. The minimum absolute atomic E-state index is 0.139. The maximum absolute atomic E-state index is 11.7. The highest BCUT2D eigenvalue weighted by atomic mass is 16.4. The second-order valence-electron chi connectivity index (χ2n) is 8.20. The van der Waals surface area contributed by atoms with Crippen LogP contribution in [0.5, 0.6) is 0 Å². The monoisotopic (exact) mass is 428 g/mol. The number of imidazole rings is 1. The largest absolute Gasteiger partial charge is 0.463 e. The molecule has 0 fully saturated rings. The minimum atomic E-state index is -1.22. The maximum Gasteiger partial charge on any atom is 0.434 e. The molecule has 0 aliphatic carbocycles. The summed E-state index contributed by atoms with van der Waals surface area (Å²) in [5, 5.41) is 9.59. The molecule has 0 bridgehead atoms. The first-order chi connectivity index (χ1) is 15.5. The molecule has 0 aliphatic rings. The van der Waals surface area contributed by atoms with Crippen molar-refractivity contribution in [2.24, 2.45) is 10.7 Å². The quantitative estimate of drug-likeness (QED) is 0.476. The van der Waals surface area contributed by atoms with Crippen LogP contribution in [0.1, 0.15) is 28.3 Å². The number of carbonyl (C=O) groups is 1. The Morgan fingerprint density at radius 3 is 2.03 bits per heavy atom. The van der Waals surface area contributed by atoms with E-state index >= 15 is 0 Å². The molecule has 6 nitrogen and oxygen atoms in total. The summed E-state index contributed by atoms with van der Waals surface area (Å²) in [7, 11) is 0. The molecule has 0 spiro atoms. The number of aryl methyl sites for hydroxylation is 2. The van der Waals surface area contributed by atoms with E-state index in [1.807, 2.05) is 40.3 Å². The van der Waals surface area contributed by atoms with E-state index in [1.54, 1.807) is 0 Å². The number of hydrogen-bond acceptors (Lipinski definition) is 2. The van der Waals surface area contributed by atoms with Gasteiger partial charge in [0.15, 0.2) is 0 Å². The van der Waals surface area contributed by atoms with Gasteiger partial charge in [0.05, 0.1) is 23.6 Å². The van der Waals surface area contributed by atoms with E-state index < -0.39 is 6.09 Å². The van der Waals surface area contributed by atoms with Crippen LogP contribution in [-0.2, 0) is 13.0 Å². The van der Waals surface area contributed by atoms with Crippen LogP contribution in [0, 0.1) is 13.8 Å². The topological polar surface area (TPSA) is 85.5 Å². The summed E-state index contributed by atoms with van der Waals surface area (Å²) in [6.07, 6.45) is -0.542. The Morgan fingerprint density at radius 1 is 0.906 bits per heavy atom. The van der Waals surface area contributed by atoms with Gasteiger partial charge in [-0.05, 0) is 43.5 Å². The molecule has 3 N–H and O–H groups in total. The summed E-state index contributed by atoms with van der Waals surface area (Å²) < 4.78 is 3.95. The highest BCUT2D eigenvalue weighted by Gasteiger charge is 2.20. The van der Waals surface area contributed by atoms with Gasteiger partial charge in [0.25, 0.3) is 0 Å². The molecule has 6 heteroatoms. The fourth-order valence-electron chi connectivity index (χ4n) is 4.11. The first-order valence-corrected chi connectivity index (χ1v) is 10.7. The first-order valence-electron chi connectivity index (χ1n) is 10.7. The number of nitrogens with two attached hydrogens (primary N) is 1. The predicted molar refractivity (Wildman–Crippen MR) is 127 cm³/mol. The second-order valence-corrected chi connectivity index (χ2v) is 8.20. The van der Waals surface area contributed by atoms with Gasteiger partial charge < -0.3 is 20.0 Å². The van der Waals surface area contributed by atoms with E-state index in [2.05, 4.69) is 60.4 Å². The molecule has 1 heterocycles. The van der Waals surface area contributed by atoms with E-state index in [0.29, 0.717) is 25.1 Å². The molecule has 0 saturated carbocycles. The molecular weight excluding hydrogens is 400 g/mol. The summed E-state index contributed by atoms with van der Waals surface area (Å²) in [6, 6.07) is 24.4. The number of para-hydroxylation sites is 2. The van der Waals surface area contributed by atoms with Crippen LogP contribution < -0.4 is 11.4 Å². The van der Waals surface area contributed by atoms with Gasteiger partial charge >= 0.3 is 6.09 Å². The number of amides is 1. The summed E-state index contributed by atoms with van der Waals surface area (Å²) >= 11 is 0. The van der Waals surface area contributed by atoms with Gasteiger partial charge in [0, 0.05) is 6.54 Å². The van der Waals surface area contributed by atoms with Crippen LogP contribution in [0.25, 0.3) is 11.0 Å². The lowest BCUT2D eigenvalue weighted by Crippen LogP contribution is -2.34.